The highest BCUT2D eigenvalue weighted by atomic mass is 19.1. The normalized spacial score (nSPS) is 10.5. The van der Waals surface area contributed by atoms with Crippen LogP contribution in [0.1, 0.15) is 5.56 Å². The van der Waals surface area contributed by atoms with Crippen LogP contribution in [-0.4, -0.2) is 35.2 Å². The molecule has 0 unspecified atom stereocenters. The minimum Gasteiger partial charge on any atom is -0.378 e. The zero-order chi connectivity index (χ0) is 14.9. The number of imidazole rings is 1. The summed E-state index contributed by atoms with van der Waals surface area (Å²) in [5.74, 6) is -0.398. The average molecular weight is 291 g/mol. The number of carbonyl (C=O) groups is 1. The van der Waals surface area contributed by atoms with Gasteiger partial charge in [-0.1, -0.05) is 12.1 Å². The Bertz CT molecular complexity index is 541. The second-order valence-corrected chi connectivity index (χ2v) is 4.57. The lowest BCUT2D eigenvalue weighted by Crippen LogP contribution is -2.28. The van der Waals surface area contributed by atoms with Crippen LogP contribution in [0.15, 0.2) is 43.0 Å². The summed E-state index contributed by atoms with van der Waals surface area (Å²) in [4.78, 5) is 15.6. The molecular weight excluding hydrogens is 273 g/mol. The molecule has 6 heteroatoms. The molecule has 1 aromatic heterocycles. The van der Waals surface area contributed by atoms with Gasteiger partial charge in [-0.3, -0.25) is 4.79 Å². The van der Waals surface area contributed by atoms with E-state index >= 15 is 0 Å². The number of nitrogens with one attached hydrogen (secondary N) is 1. The number of aromatic nitrogens is 2. The van der Waals surface area contributed by atoms with Crippen molar-refractivity contribution in [3.8, 4) is 0 Å². The van der Waals surface area contributed by atoms with Crippen molar-refractivity contribution in [3.05, 3.63) is 54.4 Å². The van der Waals surface area contributed by atoms with Crippen molar-refractivity contribution in [2.24, 2.45) is 0 Å². The third-order valence-corrected chi connectivity index (χ3v) is 2.90. The fourth-order valence-corrected chi connectivity index (χ4v) is 1.80. The molecule has 0 saturated carbocycles. The van der Waals surface area contributed by atoms with Crippen LogP contribution >= 0.6 is 0 Å². The van der Waals surface area contributed by atoms with Crippen LogP contribution < -0.4 is 5.32 Å². The first-order valence-corrected chi connectivity index (χ1v) is 6.78. The molecule has 0 radical (unpaired) electrons. The number of hydrogen-bond donors (Lipinski definition) is 1. The van der Waals surface area contributed by atoms with Crippen molar-refractivity contribution in [2.75, 3.05) is 19.8 Å². The Morgan fingerprint density at radius 2 is 2.10 bits per heavy atom. The Morgan fingerprint density at radius 1 is 1.29 bits per heavy atom. The van der Waals surface area contributed by atoms with Crippen LogP contribution in [0.3, 0.4) is 0 Å². The highest BCUT2D eigenvalue weighted by Gasteiger charge is 2.02. The lowest BCUT2D eigenvalue weighted by Gasteiger charge is -2.07. The lowest BCUT2D eigenvalue weighted by atomic mass is 10.1. The van der Waals surface area contributed by atoms with E-state index in [9.17, 15) is 9.18 Å². The zero-order valence-electron chi connectivity index (χ0n) is 11.7. The summed E-state index contributed by atoms with van der Waals surface area (Å²) in [5.41, 5.74) is 0.787. The first-order chi connectivity index (χ1) is 10.2. The second-order valence-electron chi connectivity index (χ2n) is 4.57. The van der Waals surface area contributed by atoms with Gasteiger partial charge >= 0.3 is 0 Å². The van der Waals surface area contributed by atoms with Crippen molar-refractivity contribution in [1.82, 2.24) is 14.9 Å². The molecule has 1 heterocycles. The fourth-order valence-electron chi connectivity index (χ4n) is 1.80. The van der Waals surface area contributed by atoms with Crippen LogP contribution in [0.5, 0.6) is 0 Å². The Balaban J connectivity index is 1.54. The maximum atomic E-state index is 12.7. The molecule has 0 aliphatic heterocycles. The van der Waals surface area contributed by atoms with Crippen LogP contribution in [-0.2, 0) is 22.5 Å². The van der Waals surface area contributed by atoms with E-state index in [-0.39, 0.29) is 18.1 Å². The Kier molecular flexibility index (Phi) is 5.90. The summed E-state index contributed by atoms with van der Waals surface area (Å²) in [6, 6.07) is 5.91. The Labute approximate surface area is 122 Å². The van der Waals surface area contributed by atoms with Gasteiger partial charge in [-0.25, -0.2) is 9.37 Å². The maximum absolute atomic E-state index is 12.7. The summed E-state index contributed by atoms with van der Waals surface area (Å²) in [5, 5.41) is 2.76. The molecule has 0 atom stereocenters. The first-order valence-electron chi connectivity index (χ1n) is 6.78. The lowest BCUT2D eigenvalue weighted by molar-refractivity contribution is -0.120. The van der Waals surface area contributed by atoms with Crippen molar-refractivity contribution in [2.45, 2.75) is 13.0 Å². The third kappa shape index (κ3) is 5.74. The van der Waals surface area contributed by atoms with Crippen LogP contribution in [0, 0.1) is 5.82 Å². The molecule has 1 aromatic carbocycles. The summed E-state index contributed by atoms with van der Waals surface area (Å²) in [6.07, 6.45) is 5.56. The molecule has 0 aliphatic rings. The number of benzene rings is 1. The molecule has 2 rings (SSSR count). The average Bonchev–Trinajstić information content (AvgIpc) is 2.98. The zero-order valence-corrected chi connectivity index (χ0v) is 11.7. The van der Waals surface area contributed by atoms with Gasteiger partial charge in [0.25, 0.3) is 0 Å². The molecule has 5 nitrogen and oxygen atoms in total. The fraction of sp³-hybridized carbons (Fsp3) is 0.333. The highest BCUT2D eigenvalue weighted by Crippen LogP contribution is 2.03. The van der Waals surface area contributed by atoms with Gasteiger partial charge in [-0.15, -0.1) is 0 Å². The molecule has 112 valence electrons. The molecule has 0 aliphatic carbocycles. The largest absolute Gasteiger partial charge is 0.378 e. The predicted molar refractivity (Wildman–Crippen MR) is 76.2 cm³/mol. The number of rotatable bonds is 8. The molecule has 21 heavy (non-hydrogen) atoms. The molecule has 1 amide bonds. The molecule has 1 N–H and O–H groups in total. The highest BCUT2D eigenvalue weighted by molar-refractivity contribution is 5.78. The molecule has 2 aromatic rings. The SMILES string of the molecule is O=C(Cc1ccc(F)cc1)NCCOCCn1ccnc1. The van der Waals surface area contributed by atoms with Crippen LogP contribution in [0.25, 0.3) is 0 Å². The molecular formula is C15H18FN3O2. The quantitative estimate of drug-likeness (QED) is 0.748. The van der Waals surface area contributed by atoms with Gasteiger partial charge in [0.05, 0.1) is 26.0 Å². The Hall–Kier alpha value is -2.21. The second kappa shape index (κ2) is 8.16. The first kappa shape index (κ1) is 15.2. The third-order valence-electron chi connectivity index (χ3n) is 2.90. The number of amides is 1. The Morgan fingerprint density at radius 3 is 2.81 bits per heavy atom. The van der Waals surface area contributed by atoms with Gasteiger partial charge in [0, 0.05) is 25.5 Å². The van der Waals surface area contributed by atoms with Crippen molar-refractivity contribution in [3.63, 3.8) is 0 Å². The number of hydrogen-bond acceptors (Lipinski definition) is 3. The van der Waals surface area contributed by atoms with Gasteiger partial charge in [0.1, 0.15) is 5.82 Å². The van der Waals surface area contributed by atoms with Gasteiger partial charge < -0.3 is 14.6 Å². The van der Waals surface area contributed by atoms with E-state index in [1.165, 1.54) is 12.1 Å². The van der Waals surface area contributed by atoms with Crippen LogP contribution in [0.4, 0.5) is 4.39 Å². The van der Waals surface area contributed by atoms with Gasteiger partial charge in [-0.05, 0) is 17.7 Å². The topological polar surface area (TPSA) is 56.1 Å². The van der Waals surface area contributed by atoms with Crippen LogP contribution in [0.2, 0.25) is 0 Å². The van der Waals surface area contributed by atoms with Gasteiger partial charge in [0.15, 0.2) is 0 Å². The number of halogens is 1. The van der Waals surface area contributed by atoms with Gasteiger partial charge in [-0.2, -0.15) is 0 Å². The molecule has 0 fully saturated rings. The molecule has 0 saturated heterocycles. The standard InChI is InChI=1S/C15H18FN3O2/c16-14-3-1-13(2-4-14)11-15(20)18-6-9-21-10-8-19-7-5-17-12-19/h1-5,7,12H,6,8-11H2,(H,18,20). The van der Waals surface area contributed by atoms with E-state index in [1.807, 2.05) is 10.8 Å². The minimum absolute atomic E-state index is 0.0974. The molecule has 0 spiro atoms. The molecule has 0 bridgehead atoms. The van der Waals surface area contributed by atoms with E-state index in [1.54, 1.807) is 24.7 Å². The van der Waals surface area contributed by atoms with E-state index in [0.29, 0.717) is 19.8 Å². The number of ether oxygens (including phenoxy) is 1. The van der Waals surface area contributed by atoms with Gasteiger partial charge in [0.2, 0.25) is 5.91 Å². The van der Waals surface area contributed by atoms with Crippen molar-refractivity contribution in [1.29, 1.82) is 0 Å². The maximum Gasteiger partial charge on any atom is 0.224 e. The van der Waals surface area contributed by atoms with E-state index in [2.05, 4.69) is 10.3 Å². The van der Waals surface area contributed by atoms with E-state index in [4.69, 9.17) is 4.74 Å². The number of carbonyl (C=O) groups excluding carboxylic acids is 1. The van der Waals surface area contributed by atoms with E-state index in [0.717, 1.165) is 12.1 Å². The van der Waals surface area contributed by atoms with Crippen molar-refractivity contribution < 1.29 is 13.9 Å². The smallest absolute Gasteiger partial charge is 0.224 e. The summed E-state index contributed by atoms with van der Waals surface area (Å²) in [6.45, 7) is 2.24. The minimum atomic E-state index is -0.301. The van der Waals surface area contributed by atoms with Crippen molar-refractivity contribution >= 4 is 5.91 Å². The van der Waals surface area contributed by atoms with E-state index < -0.39 is 0 Å². The summed E-state index contributed by atoms with van der Waals surface area (Å²) < 4.78 is 20.1. The predicted octanol–water partition coefficient (Wildman–Crippen LogP) is 1.40. The number of nitrogens with zero attached hydrogens (tertiary/aromatic N) is 2. The summed E-state index contributed by atoms with van der Waals surface area (Å²) >= 11 is 0. The summed E-state index contributed by atoms with van der Waals surface area (Å²) in [7, 11) is 0. The monoisotopic (exact) mass is 291 g/mol.